The van der Waals surface area contributed by atoms with Gasteiger partial charge in [0.05, 0.1) is 0 Å². The third-order valence-corrected chi connectivity index (χ3v) is 3.48. The van der Waals surface area contributed by atoms with E-state index in [4.69, 9.17) is 5.73 Å². The molecule has 2 nitrogen and oxygen atoms in total. The lowest BCUT2D eigenvalue weighted by Crippen LogP contribution is -2.24. The van der Waals surface area contributed by atoms with Gasteiger partial charge in [-0.25, -0.2) is 0 Å². The molecule has 0 aliphatic carbocycles. The van der Waals surface area contributed by atoms with Crippen molar-refractivity contribution in [2.24, 2.45) is 0 Å². The van der Waals surface area contributed by atoms with Crippen LogP contribution in [0.2, 0.25) is 0 Å². The van der Waals surface area contributed by atoms with Crippen LogP contribution in [-0.2, 0) is 6.54 Å². The molecule has 16 heavy (non-hydrogen) atoms. The SMILES string of the molecule is CCCCN(CC)Cc1ccc(N)cc1Br. The number of benzene rings is 1. The zero-order chi connectivity index (χ0) is 12.0. The standard InChI is InChI=1S/C13H21BrN2/c1-3-5-8-16(4-2)10-11-6-7-12(15)9-13(11)14/h6-7,9H,3-5,8,10,15H2,1-2H3. The van der Waals surface area contributed by atoms with Crippen LogP contribution >= 0.6 is 15.9 Å². The first-order valence-corrected chi connectivity index (χ1v) is 6.73. The Bertz CT molecular complexity index is 326. The number of halogens is 1. The average Bonchev–Trinajstić information content (AvgIpc) is 2.27. The lowest BCUT2D eigenvalue weighted by Gasteiger charge is -2.20. The Balaban J connectivity index is 2.62. The van der Waals surface area contributed by atoms with Gasteiger partial charge in [0, 0.05) is 16.7 Å². The maximum atomic E-state index is 5.73. The van der Waals surface area contributed by atoms with E-state index >= 15 is 0 Å². The Morgan fingerprint density at radius 1 is 1.31 bits per heavy atom. The molecule has 1 aromatic rings. The number of hydrogen-bond donors (Lipinski definition) is 1. The molecule has 0 saturated heterocycles. The molecule has 0 fully saturated rings. The molecule has 1 aromatic carbocycles. The minimum Gasteiger partial charge on any atom is -0.399 e. The van der Waals surface area contributed by atoms with Crippen molar-refractivity contribution in [2.45, 2.75) is 33.2 Å². The molecule has 0 spiro atoms. The van der Waals surface area contributed by atoms with E-state index in [0.29, 0.717) is 0 Å². The van der Waals surface area contributed by atoms with Crippen molar-refractivity contribution in [3.8, 4) is 0 Å². The van der Waals surface area contributed by atoms with Gasteiger partial charge in [0.2, 0.25) is 0 Å². The summed E-state index contributed by atoms with van der Waals surface area (Å²) in [6.07, 6.45) is 2.51. The molecular formula is C13H21BrN2. The Morgan fingerprint density at radius 2 is 2.06 bits per heavy atom. The number of rotatable bonds is 6. The Labute approximate surface area is 107 Å². The third-order valence-electron chi connectivity index (χ3n) is 2.75. The lowest BCUT2D eigenvalue weighted by molar-refractivity contribution is 0.275. The number of nitrogen functional groups attached to an aromatic ring is 1. The molecule has 0 radical (unpaired) electrons. The van der Waals surface area contributed by atoms with Gasteiger partial charge in [-0.1, -0.05) is 42.3 Å². The zero-order valence-electron chi connectivity index (χ0n) is 10.2. The number of hydrogen-bond acceptors (Lipinski definition) is 2. The van der Waals surface area contributed by atoms with E-state index in [1.807, 2.05) is 12.1 Å². The largest absolute Gasteiger partial charge is 0.399 e. The number of anilines is 1. The van der Waals surface area contributed by atoms with Gasteiger partial charge in [-0.2, -0.15) is 0 Å². The highest BCUT2D eigenvalue weighted by atomic mass is 79.9. The molecule has 0 bridgehead atoms. The second kappa shape index (κ2) is 6.92. The monoisotopic (exact) mass is 284 g/mol. The summed E-state index contributed by atoms with van der Waals surface area (Å²) in [5.74, 6) is 0. The topological polar surface area (TPSA) is 29.3 Å². The van der Waals surface area contributed by atoms with Crippen molar-refractivity contribution in [3.63, 3.8) is 0 Å². The van der Waals surface area contributed by atoms with Crippen LogP contribution in [-0.4, -0.2) is 18.0 Å². The van der Waals surface area contributed by atoms with Gasteiger partial charge in [0.15, 0.2) is 0 Å². The summed E-state index contributed by atoms with van der Waals surface area (Å²) < 4.78 is 1.11. The summed E-state index contributed by atoms with van der Waals surface area (Å²) in [6, 6.07) is 6.05. The third kappa shape index (κ3) is 4.14. The van der Waals surface area contributed by atoms with E-state index in [9.17, 15) is 0 Å². The van der Waals surface area contributed by atoms with Crippen molar-refractivity contribution in [1.82, 2.24) is 4.90 Å². The fraction of sp³-hybridized carbons (Fsp3) is 0.538. The van der Waals surface area contributed by atoms with Crippen LogP contribution in [0.5, 0.6) is 0 Å². The lowest BCUT2D eigenvalue weighted by atomic mass is 10.2. The first-order chi connectivity index (χ1) is 7.67. The van der Waals surface area contributed by atoms with Gasteiger partial charge >= 0.3 is 0 Å². The summed E-state index contributed by atoms with van der Waals surface area (Å²) in [5, 5.41) is 0. The fourth-order valence-corrected chi connectivity index (χ4v) is 2.19. The number of nitrogens with two attached hydrogens (primary N) is 1. The van der Waals surface area contributed by atoms with E-state index in [0.717, 1.165) is 23.2 Å². The van der Waals surface area contributed by atoms with Crippen molar-refractivity contribution in [1.29, 1.82) is 0 Å². The molecule has 90 valence electrons. The molecule has 0 heterocycles. The molecule has 3 heteroatoms. The van der Waals surface area contributed by atoms with E-state index in [2.05, 4.69) is 40.7 Å². The normalized spacial score (nSPS) is 11.0. The van der Waals surface area contributed by atoms with Crippen molar-refractivity contribution in [2.75, 3.05) is 18.8 Å². The van der Waals surface area contributed by atoms with Gasteiger partial charge in [-0.15, -0.1) is 0 Å². The highest BCUT2D eigenvalue weighted by Crippen LogP contribution is 2.21. The molecular weight excluding hydrogens is 264 g/mol. The summed E-state index contributed by atoms with van der Waals surface area (Å²) >= 11 is 3.57. The van der Waals surface area contributed by atoms with Crippen LogP contribution in [0.4, 0.5) is 5.69 Å². The van der Waals surface area contributed by atoms with Crippen LogP contribution in [0.15, 0.2) is 22.7 Å². The molecule has 0 unspecified atom stereocenters. The Hall–Kier alpha value is -0.540. The fourth-order valence-electron chi connectivity index (χ4n) is 1.66. The molecule has 0 aliphatic heterocycles. The molecule has 1 rings (SSSR count). The Kier molecular flexibility index (Phi) is 5.85. The number of unbranched alkanes of at least 4 members (excludes halogenated alkanes) is 1. The van der Waals surface area contributed by atoms with E-state index in [1.54, 1.807) is 0 Å². The quantitative estimate of drug-likeness (QED) is 0.808. The minimum absolute atomic E-state index is 0.812. The van der Waals surface area contributed by atoms with E-state index in [-0.39, 0.29) is 0 Å². The summed E-state index contributed by atoms with van der Waals surface area (Å²) in [7, 11) is 0. The second-order valence-corrected chi connectivity index (χ2v) is 4.93. The molecule has 2 N–H and O–H groups in total. The van der Waals surface area contributed by atoms with Crippen molar-refractivity contribution < 1.29 is 0 Å². The zero-order valence-corrected chi connectivity index (χ0v) is 11.8. The summed E-state index contributed by atoms with van der Waals surface area (Å²) in [4.78, 5) is 2.46. The molecule has 0 aromatic heterocycles. The smallest absolute Gasteiger partial charge is 0.0325 e. The second-order valence-electron chi connectivity index (χ2n) is 4.07. The molecule has 0 aliphatic rings. The Morgan fingerprint density at radius 3 is 2.62 bits per heavy atom. The predicted molar refractivity (Wildman–Crippen MR) is 74.4 cm³/mol. The van der Waals surface area contributed by atoms with Crippen LogP contribution < -0.4 is 5.73 Å². The average molecular weight is 285 g/mol. The van der Waals surface area contributed by atoms with Crippen molar-refractivity contribution >= 4 is 21.6 Å². The van der Waals surface area contributed by atoms with Crippen molar-refractivity contribution in [3.05, 3.63) is 28.2 Å². The first kappa shape index (κ1) is 13.5. The van der Waals surface area contributed by atoms with Gasteiger partial charge in [-0.05, 0) is 37.2 Å². The summed E-state index contributed by atoms with van der Waals surface area (Å²) in [5.41, 5.74) is 7.85. The van der Waals surface area contributed by atoms with Gasteiger partial charge in [-0.3, -0.25) is 4.90 Å². The van der Waals surface area contributed by atoms with E-state index < -0.39 is 0 Å². The first-order valence-electron chi connectivity index (χ1n) is 5.93. The number of nitrogens with zero attached hydrogens (tertiary/aromatic N) is 1. The van der Waals surface area contributed by atoms with Crippen LogP contribution in [0, 0.1) is 0 Å². The molecule has 0 amide bonds. The van der Waals surface area contributed by atoms with Crippen LogP contribution in [0.3, 0.4) is 0 Å². The maximum absolute atomic E-state index is 5.73. The van der Waals surface area contributed by atoms with Gasteiger partial charge < -0.3 is 5.73 Å². The molecule has 0 atom stereocenters. The highest BCUT2D eigenvalue weighted by molar-refractivity contribution is 9.10. The maximum Gasteiger partial charge on any atom is 0.0325 e. The highest BCUT2D eigenvalue weighted by Gasteiger charge is 2.06. The minimum atomic E-state index is 0.812. The van der Waals surface area contributed by atoms with Crippen LogP contribution in [0.1, 0.15) is 32.3 Å². The predicted octanol–water partition coefficient (Wildman–Crippen LogP) is 3.65. The van der Waals surface area contributed by atoms with Gasteiger partial charge in [0.1, 0.15) is 0 Å². The van der Waals surface area contributed by atoms with E-state index in [1.165, 1.54) is 24.9 Å². The van der Waals surface area contributed by atoms with Crippen LogP contribution in [0.25, 0.3) is 0 Å². The molecule has 0 saturated carbocycles. The summed E-state index contributed by atoms with van der Waals surface area (Å²) in [6.45, 7) is 7.70. The van der Waals surface area contributed by atoms with Gasteiger partial charge in [0.25, 0.3) is 0 Å².